The Kier molecular flexibility index (Phi) is 5.71. The number of piperidine rings is 1. The fourth-order valence-corrected chi connectivity index (χ4v) is 2.99. The van der Waals surface area contributed by atoms with Gasteiger partial charge in [-0.05, 0) is 31.4 Å². The number of aromatic amines is 1. The van der Waals surface area contributed by atoms with Crippen LogP contribution in [0, 0.1) is 5.41 Å². The summed E-state index contributed by atoms with van der Waals surface area (Å²) in [5, 5.41) is 7.08. The van der Waals surface area contributed by atoms with E-state index >= 15 is 0 Å². The molecular weight excluding hydrogens is 383 g/mol. The molecule has 0 radical (unpaired) electrons. The lowest BCUT2D eigenvalue weighted by molar-refractivity contribution is -0.152. The highest BCUT2D eigenvalue weighted by molar-refractivity contribution is 5.97. The van der Waals surface area contributed by atoms with E-state index in [0.717, 1.165) is 6.08 Å². The van der Waals surface area contributed by atoms with E-state index in [0.29, 0.717) is 24.2 Å². The maximum absolute atomic E-state index is 13.3. The van der Waals surface area contributed by atoms with E-state index in [1.807, 2.05) is 0 Å². The molecule has 1 fully saturated rings. The van der Waals surface area contributed by atoms with Crippen LogP contribution >= 0.6 is 0 Å². The quantitative estimate of drug-likeness (QED) is 0.585. The normalized spacial score (nSPS) is 18.2. The van der Waals surface area contributed by atoms with Gasteiger partial charge in [-0.1, -0.05) is 0 Å². The molecule has 1 atom stereocenters. The Morgan fingerprint density at radius 2 is 2.04 bits per heavy atom. The number of halogens is 5. The molecule has 0 spiro atoms. The average Bonchev–Trinajstić information content (AvgIpc) is 3.14. The molecule has 0 bridgehead atoms. The van der Waals surface area contributed by atoms with Gasteiger partial charge >= 0.3 is 6.18 Å². The lowest BCUT2D eigenvalue weighted by Gasteiger charge is -2.37. The molecule has 3 rings (SSSR count). The summed E-state index contributed by atoms with van der Waals surface area (Å²) in [4.78, 5) is 16.1. The average molecular weight is 400 g/mol. The van der Waals surface area contributed by atoms with Crippen LogP contribution in [0.5, 0.6) is 0 Å². The first-order chi connectivity index (χ1) is 13.3. The van der Waals surface area contributed by atoms with Gasteiger partial charge in [0.25, 0.3) is 6.43 Å². The van der Waals surface area contributed by atoms with Crippen molar-refractivity contribution in [1.82, 2.24) is 19.9 Å². The van der Waals surface area contributed by atoms with Gasteiger partial charge < -0.3 is 9.88 Å². The zero-order chi connectivity index (χ0) is 20.3. The Morgan fingerprint density at radius 3 is 2.75 bits per heavy atom. The van der Waals surface area contributed by atoms with Crippen molar-refractivity contribution < 1.29 is 22.0 Å². The molecule has 1 unspecified atom stereocenters. The topological polar surface area (TPSA) is 81.6 Å². The number of aromatic nitrogens is 4. The number of nitrogens with one attached hydrogen (secondary N) is 2. The van der Waals surface area contributed by atoms with Crippen LogP contribution in [-0.4, -0.2) is 50.8 Å². The zero-order valence-corrected chi connectivity index (χ0v) is 14.5. The third-order valence-corrected chi connectivity index (χ3v) is 4.35. The first-order valence-electron chi connectivity index (χ1n) is 8.51. The Balaban J connectivity index is 1.83. The number of nitrogens with zero attached hydrogens (tertiary/aromatic N) is 4. The van der Waals surface area contributed by atoms with E-state index in [1.54, 1.807) is 0 Å². The molecule has 3 heterocycles. The standard InChI is InChI=1S/C17H17F5N6/c18-16(19)10(23)4-5-14-24-8-12(27-14)11-7-15(26-9-25-11)28-6-2-1-3-13(28)17(20,21)22/h4-5,7-9,13,16,23H,1-3,6H2,(H,24,27)/b5-4-,23-10?. The van der Waals surface area contributed by atoms with Gasteiger partial charge in [0.15, 0.2) is 0 Å². The number of rotatable bonds is 5. The second-order valence-corrected chi connectivity index (χ2v) is 6.28. The number of alkyl halides is 5. The van der Waals surface area contributed by atoms with Crippen molar-refractivity contribution >= 4 is 17.6 Å². The first kappa shape index (κ1) is 19.9. The summed E-state index contributed by atoms with van der Waals surface area (Å²) < 4.78 is 64.7. The van der Waals surface area contributed by atoms with Gasteiger partial charge in [0.05, 0.1) is 23.3 Å². The molecule has 0 aliphatic carbocycles. The molecule has 2 aromatic heterocycles. The Labute approximate surface area is 157 Å². The van der Waals surface area contributed by atoms with Gasteiger partial charge in [-0.15, -0.1) is 0 Å². The van der Waals surface area contributed by atoms with E-state index < -0.39 is 24.4 Å². The fraction of sp³-hybridized carbons (Fsp3) is 0.412. The summed E-state index contributed by atoms with van der Waals surface area (Å²) in [6, 6.07) is -0.156. The third kappa shape index (κ3) is 4.52. The van der Waals surface area contributed by atoms with Gasteiger partial charge in [-0.2, -0.15) is 13.2 Å². The summed E-state index contributed by atoms with van der Waals surface area (Å²) in [6.07, 6.45) is -1.40. The van der Waals surface area contributed by atoms with E-state index in [1.165, 1.54) is 29.6 Å². The maximum atomic E-state index is 13.3. The summed E-state index contributed by atoms with van der Waals surface area (Å²) in [5.74, 6) is 0.380. The van der Waals surface area contributed by atoms with Crippen LogP contribution < -0.4 is 4.90 Å². The minimum atomic E-state index is -4.35. The summed E-state index contributed by atoms with van der Waals surface area (Å²) in [5.41, 5.74) is -0.134. The van der Waals surface area contributed by atoms with Gasteiger partial charge in [0.1, 0.15) is 24.0 Å². The van der Waals surface area contributed by atoms with Gasteiger partial charge in [-0.25, -0.2) is 23.7 Å². The maximum Gasteiger partial charge on any atom is 0.408 e. The molecule has 1 aliphatic rings. The van der Waals surface area contributed by atoms with Crippen LogP contribution in [0.25, 0.3) is 17.5 Å². The van der Waals surface area contributed by atoms with Gasteiger partial charge in [-0.3, -0.25) is 5.41 Å². The second-order valence-electron chi connectivity index (χ2n) is 6.28. The van der Waals surface area contributed by atoms with Gasteiger partial charge in [0, 0.05) is 12.6 Å². The van der Waals surface area contributed by atoms with Crippen LogP contribution in [0.15, 0.2) is 24.7 Å². The molecule has 2 N–H and O–H groups in total. The monoisotopic (exact) mass is 400 g/mol. The third-order valence-electron chi connectivity index (χ3n) is 4.35. The molecular formula is C17H17F5N6. The number of allylic oxidation sites excluding steroid dienone is 1. The summed E-state index contributed by atoms with van der Waals surface area (Å²) >= 11 is 0. The van der Waals surface area contributed by atoms with Crippen LogP contribution in [0.2, 0.25) is 0 Å². The lowest BCUT2D eigenvalue weighted by Crippen LogP contribution is -2.49. The highest BCUT2D eigenvalue weighted by Crippen LogP contribution is 2.34. The minimum Gasteiger partial charge on any atom is -0.344 e. The molecule has 150 valence electrons. The molecule has 0 aromatic carbocycles. The minimum absolute atomic E-state index is 0.0118. The molecule has 2 aromatic rings. The largest absolute Gasteiger partial charge is 0.408 e. The zero-order valence-electron chi connectivity index (χ0n) is 14.5. The number of hydrogen-bond donors (Lipinski definition) is 2. The number of hydrogen-bond acceptors (Lipinski definition) is 5. The van der Waals surface area contributed by atoms with Crippen molar-refractivity contribution in [2.24, 2.45) is 0 Å². The number of imidazole rings is 1. The van der Waals surface area contributed by atoms with Crippen LogP contribution in [0.3, 0.4) is 0 Å². The van der Waals surface area contributed by atoms with Crippen molar-refractivity contribution in [3.8, 4) is 11.4 Å². The molecule has 28 heavy (non-hydrogen) atoms. The van der Waals surface area contributed by atoms with E-state index in [2.05, 4.69) is 19.9 Å². The number of H-pyrrole nitrogens is 1. The van der Waals surface area contributed by atoms with Crippen molar-refractivity contribution in [1.29, 1.82) is 5.41 Å². The van der Waals surface area contributed by atoms with Gasteiger partial charge in [0.2, 0.25) is 0 Å². The van der Waals surface area contributed by atoms with Crippen molar-refractivity contribution in [2.75, 3.05) is 11.4 Å². The summed E-state index contributed by atoms with van der Waals surface area (Å²) in [6.45, 7) is 0.243. The smallest absolute Gasteiger partial charge is 0.344 e. The van der Waals surface area contributed by atoms with Crippen LogP contribution in [-0.2, 0) is 0 Å². The highest BCUT2D eigenvalue weighted by Gasteiger charge is 2.45. The molecule has 6 nitrogen and oxygen atoms in total. The summed E-state index contributed by atoms with van der Waals surface area (Å²) in [7, 11) is 0. The number of anilines is 1. The Morgan fingerprint density at radius 1 is 1.25 bits per heavy atom. The highest BCUT2D eigenvalue weighted by atomic mass is 19.4. The van der Waals surface area contributed by atoms with Crippen LogP contribution in [0.1, 0.15) is 25.1 Å². The predicted molar refractivity (Wildman–Crippen MR) is 93.4 cm³/mol. The van der Waals surface area contributed by atoms with E-state index in [-0.39, 0.29) is 24.6 Å². The predicted octanol–water partition coefficient (Wildman–Crippen LogP) is 4.09. The second kappa shape index (κ2) is 8.03. The van der Waals surface area contributed by atoms with Crippen molar-refractivity contribution in [3.05, 3.63) is 30.5 Å². The van der Waals surface area contributed by atoms with Crippen molar-refractivity contribution in [2.45, 2.75) is 37.9 Å². The molecule has 11 heteroatoms. The van der Waals surface area contributed by atoms with Crippen molar-refractivity contribution in [3.63, 3.8) is 0 Å². The molecule has 1 aliphatic heterocycles. The molecule has 0 amide bonds. The SMILES string of the molecule is N=C(/C=C\c1ncc(-c2cc(N3CCCCC3C(F)(F)F)ncn2)[nH]1)C(F)F. The van der Waals surface area contributed by atoms with Crippen LogP contribution in [0.4, 0.5) is 27.8 Å². The fourth-order valence-electron chi connectivity index (χ4n) is 2.99. The first-order valence-corrected chi connectivity index (χ1v) is 8.51. The van der Waals surface area contributed by atoms with E-state index in [9.17, 15) is 22.0 Å². The molecule has 1 saturated heterocycles. The Hall–Kier alpha value is -2.85. The van der Waals surface area contributed by atoms with E-state index in [4.69, 9.17) is 5.41 Å². The molecule has 0 saturated carbocycles. The Bertz CT molecular complexity index is 860. The lowest BCUT2D eigenvalue weighted by atomic mass is 10.0.